The predicted molar refractivity (Wildman–Crippen MR) is 112 cm³/mol. The van der Waals surface area contributed by atoms with E-state index in [9.17, 15) is 9.59 Å². The van der Waals surface area contributed by atoms with Gasteiger partial charge in [0.05, 0.1) is 6.04 Å². The molecule has 1 saturated heterocycles. The van der Waals surface area contributed by atoms with Gasteiger partial charge in [-0.25, -0.2) is 0 Å². The molecule has 5 heteroatoms. The molecular formula is C23H35N3O2. The van der Waals surface area contributed by atoms with Crippen molar-refractivity contribution in [3.05, 3.63) is 35.9 Å². The molecule has 0 bridgehead atoms. The molecule has 154 valence electrons. The second-order valence-electron chi connectivity index (χ2n) is 8.53. The van der Waals surface area contributed by atoms with Crippen LogP contribution in [0.3, 0.4) is 0 Å². The number of rotatable bonds is 7. The van der Waals surface area contributed by atoms with Crippen LogP contribution in [0.15, 0.2) is 30.3 Å². The zero-order chi connectivity index (χ0) is 19.9. The molecule has 1 heterocycles. The van der Waals surface area contributed by atoms with Crippen LogP contribution in [0.4, 0.5) is 0 Å². The van der Waals surface area contributed by atoms with E-state index in [4.69, 9.17) is 0 Å². The minimum absolute atomic E-state index is 0.0402. The zero-order valence-corrected chi connectivity index (χ0v) is 17.4. The molecule has 1 aromatic rings. The summed E-state index contributed by atoms with van der Waals surface area (Å²) in [6, 6.07) is 10.3. The van der Waals surface area contributed by atoms with Gasteiger partial charge in [0.2, 0.25) is 11.8 Å². The van der Waals surface area contributed by atoms with Crippen molar-refractivity contribution >= 4 is 11.8 Å². The van der Waals surface area contributed by atoms with Crippen molar-refractivity contribution in [2.45, 2.75) is 52.0 Å². The number of piperazine rings is 1. The van der Waals surface area contributed by atoms with Crippen molar-refractivity contribution in [2.24, 2.45) is 11.8 Å². The molecule has 0 spiro atoms. The van der Waals surface area contributed by atoms with Gasteiger partial charge in [-0.3, -0.25) is 14.5 Å². The van der Waals surface area contributed by atoms with Crippen LogP contribution < -0.4 is 5.32 Å². The molecule has 1 aliphatic heterocycles. The fraction of sp³-hybridized carbons (Fsp3) is 0.652. The highest BCUT2D eigenvalue weighted by Gasteiger charge is 2.37. The van der Waals surface area contributed by atoms with E-state index >= 15 is 0 Å². The van der Waals surface area contributed by atoms with Gasteiger partial charge in [0.1, 0.15) is 0 Å². The molecule has 2 amide bonds. The Morgan fingerprint density at radius 2 is 1.68 bits per heavy atom. The molecule has 1 aliphatic carbocycles. The summed E-state index contributed by atoms with van der Waals surface area (Å²) in [7, 11) is 0. The maximum atomic E-state index is 13.1. The van der Waals surface area contributed by atoms with Crippen LogP contribution >= 0.6 is 0 Å². The van der Waals surface area contributed by atoms with E-state index in [0.717, 1.165) is 45.4 Å². The normalized spacial score (nSPS) is 19.8. The van der Waals surface area contributed by atoms with Gasteiger partial charge in [-0.2, -0.15) is 0 Å². The lowest BCUT2D eigenvalue weighted by molar-refractivity contribution is -0.138. The summed E-state index contributed by atoms with van der Waals surface area (Å²) in [4.78, 5) is 29.7. The smallest absolute Gasteiger partial charge is 0.237 e. The van der Waals surface area contributed by atoms with E-state index in [1.165, 1.54) is 18.4 Å². The number of amides is 2. The van der Waals surface area contributed by atoms with Crippen LogP contribution in [-0.4, -0.2) is 60.4 Å². The van der Waals surface area contributed by atoms with Gasteiger partial charge in [0.25, 0.3) is 0 Å². The van der Waals surface area contributed by atoms with Crippen molar-refractivity contribution in [1.29, 1.82) is 0 Å². The number of nitrogens with one attached hydrogen (secondary N) is 1. The minimum atomic E-state index is -0.0467. The summed E-state index contributed by atoms with van der Waals surface area (Å²) >= 11 is 0. The quantitative estimate of drug-likeness (QED) is 0.785. The van der Waals surface area contributed by atoms with E-state index in [1.54, 1.807) is 0 Å². The van der Waals surface area contributed by atoms with Crippen molar-refractivity contribution in [2.75, 3.05) is 32.7 Å². The molecule has 1 atom stereocenters. The van der Waals surface area contributed by atoms with E-state index in [0.29, 0.717) is 12.5 Å². The third-order valence-corrected chi connectivity index (χ3v) is 6.18. The second kappa shape index (κ2) is 10.1. The molecule has 5 nitrogen and oxygen atoms in total. The SMILES string of the molecule is CC(C)C(=O)N1CCN([C@H](C(=O)NCCc2ccccc2)C2CCCC2)CC1. The van der Waals surface area contributed by atoms with Crippen LogP contribution in [0, 0.1) is 11.8 Å². The third kappa shape index (κ3) is 5.34. The molecule has 1 saturated carbocycles. The molecule has 1 N–H and O–H groups in total. The topological polar surface area (TPSA) is 52.7 Å². The second-order valence-corrected chi connectivity index (χ2v) is 8.53. The Morgan fingerprint density at radius 3 is 2.29 bits per heavy atom. The Balaban J connectivity index is 1.56. The van der Waals surface area contributed by atoms with E-state index < -0.39 is 0 Å². The summed E-state index contributed by atoms with van der Waals surface area (Å²) in [5, 5.41) is 3.20. The molecule has 0 radical (unpaired) electrons. The number of benzene rings is 1. The summed E-state index contributed by atoms with van der Waals surface area (Å²) in [6.07, 6.45) is 5.60. The van der Waals surface area contributed by atoms with Crippen LogP contribution in [0.2, 0.25) is 0 Å². The van der Waals surface area contributed by atoms with Crippen molar-refractivity contribution < 1.29 is 9.59 Å². The summed E-state index contributed by atoms with van der Waals surface area (Å²) < 4.78 is 0. The van der Waals surface area contributed by atoms with E-state index in [2.05, 4.69) is 22.3 Å². The third-order valence-electron chi connectivity index (χ3n) is 6.18. The van der Waals surface area contributed by atoms with Gasteiger partial charge in [-0.1, -0.05) is 57.0 Å². The first-order chi connectivity index (χ1) is 13.6. The zero-order valence-electron chi connectivity index (χ0n) is 17.4. The lowest BCUT2D eigenvalue weighted by Gasteiger charge is -2.41. The van der Waals surface area contributed by atoms with E-state index in [-0.39, 0.29) is 23.8 Å². The van der Waals surface area contributed by atoms with Crippen molar-refractivity contribution in [3.63, 3.8) is 0 Å². The van der Waals surface area contributed by atoms with E-state index in [1.807, 2.05) is 36.9 Å². The molecule has 0 unspecified atom stereocenters. The first kappa shape index (κ1) is 20.8. The average molecular weight is 386 g/mol. The Bertz CT molecular complexity index is 633. The maximum absolute atomic E-state index is 13.1. The highest BCUT2D eigenvalue weighted by Crippen LogP contribution is 2.31. The van der Waals surface area contributed by atoms with Gasteiger partial charge in [-0.15, -0.1) is 0 Å². The first-order valence-electron chi connectivity index (χ1n) is 10.9. The first-order valence-corrected chi connectivity index (χ1v) is 10.9. The number of hydrogen-bond acceptors (Lipinski definition) is 3. The van der Waals surface area contributed by atoms with Crippen molar-refractivity contribution in [1.82, 2.24) is 15.1 Å². The largest absolute Gasteiger partial charge is 0.354 e. The Labute approximate surface area is 169 Å². The summed E-state index contributed by atoms with van der Waals surface area (Å²) in [5.74, 6) is 0.887. The average Bonchev–Trinajstić information content (AvgIpc) is 3.23. The number of nitrogens with zero attached hydrogens (tertiary/aromatic N) is 2. The Morgan fingerprint density at radius 1 is 1.04 bits per heavy atom. The van der Waals surface area contributed by atoms with Gasteiger partial charge in [0, 0.05) is 38.6 Å². The molecule has 1 aromatic carbocycles. The molecule has 2 fully saturated rings. The minimum Gasteiger partial charge on any atom is -0.354 e. The number of carbonyl (C=O) groups is 2. The fourth-order valence-corrected chi connectivity index (χ4v) is 4.62. The predicted octanol–water partition coefficient (Wildman–Crippen LogP) is 2.70. The maximum Gasteiger partial charge on any atom is 0.237 e. The lowest BCUT2D eigenvalue weighted by atomic mass is 9.94. The molecular weight excluding hydrogens is 350 g/mol. The number of carbonyl (C=O) groups excluding carboxylic acids is 2. The Hall–Kier alpha value is -1.88. The molecule has 3 rings (SSSR count). The molecule has 28 heavy (non-hydrogen) atoms. The fourth-order valence-electron chi connectivity index (χ4n) is 4.62. The van der Waals surface area contributed by atoms with Gasteiger partial charge >= 0.3 is 0 Å². The van der Waals surface area contributed by atoms with Crippen LogP contribution in [0.1, 0.15) is 45.1 Å². The Kier molecular flexibility index (Phi) is 7.49. The number of hydrogen-bond donors (Lipinski definition) is 1. The summed E-state index contributed by atoms with van der Waals surface area (Å²) in [6.45, 7) is 7.65. The van der Waals surface area contributed by atoms with Gasteiger partial charge in [0.15, 0.2) is 0 Å². The highest BCUT2D eigenvalue weighted by atomic mass is 16.2. The van der Waals surface area contributed by atoms with Crippen LogP contribution in [-0.2, 0) is 16.0 Å². The highest BCUT2D eigenvalue weighted by molar-refractivity contribution is 5.82. The van der Waals surface area contributed by atoms with Gasteiger partial charge in [-0.05, 0) is 30.7 Å². The van der Waals surface area contributed by atoms with Crippen molar-refractivity contribution in [3.8, 4) is 0 Å². The monoisotopic (exact) mass is 385 g/mol. The standard InChI is InChI=1S/C23H35N3O2/c1-18(2)23(28)26-16-14-25(15-17-26)21(20-10-6-7-11-20)22(27)24-13-12-19-8-4-3-5-9-19/h3-5,8-9,18,20-21H,6-7,10-17H2,1-2H3,(H,24,27)/t21-/m0/s1. The molecule has 0 aromatic heterocycles. The van der Waals surface area contributed by atoms with Crippen LogP contribution in [0.25, 0.3) is 0 Å². The lowest BCUT2D eigenvalue weighted by Crippen LogP contribution is -2.58. The molecule has 2 aliphatic rings. The summed E-state index contributed by atoms with van der Waals surface area (Å²) in [5.41, 5.74) is 1.25. The van der Waals surface area contributed by atoms with Gasteiger partial charge < -0.3 is 10.2 Å². The van der Waals surface area contributed by atoms with Crippen LogP contribution in [0.5, 0.6) is 0 Å².